The fourth-order valence-corrected chi connectivity index (χ4v) is 1.26. The van der Waals surface area contributed by atoms with Gasteiger partial charge in [0.05, 0.1) is 7.11 Å². The molecular formula is C12H18N2O3. The molecule has 0 aliphatic heterocycles. The van der Waals surface area contributed by atoms with E-state index in [1.54, 1.807) is 19.2 Å². The van der Waals surface area contributed by atoms with E-state index >= 15 is 0 Å². The molecule has 0 spiro atoms. The van der Waals surface area contributed by atoms with E-state index in [1.807, 2.05) is 19.1 Å². The number of methoxy groups -OCH3 is 1. The zero-order chi connectivity index (χ0) is 12.7. The van der Waals surface area contributed by atoms with Gasteiger partial charge in [-0.2, -0.15) is 0 Å². The van der Waals surface area contributed by atoms with Crippen LogP contribution in [0.2, 0.25) is 0 Å². The summed E-state index contributed by atoms with van der Waals surface area (Å²) in [6.07, 6.45) is 0. The van der Waals surface area contributed by atoms with E-state index in [2.05, 4.69) is 5.32 Å². The highest BCUT2D eigenvalue weighted by Gasteiger charge is 2.08. The van der Waals surface area contributed by atoms with Crippen LogP contribution < -0.4 is 20.5 Å². The molecule has 1 amide bonds. The minimum Gasteiger partial charge on any atom is -0.493 e. The first-order valence-corrected chi connectivity index (χ1v) is 5.42. The number of nitrogens with one attached hydrogen (secondary N) is 1. The third kappa shape index (κ3) is 4.32. The molecule has 94 valence electrons. The van der Waals surface area contributed by atoms with Crippen molar-refractivity contribution in [3.05, 3.63) is 24.3 Å². The van der Waals surface area contributed by atoms with Gasteiger partial charge in [-0.1, -0.05) is 12.1 Å². The number of rotatable bonds is 6. The molecule has 1 aromatic rings. The molecule has 0 saturated carbocycles. The van der Waals surface area contributed by atoms with Crippen LogP contribution in [-0.4, -0.2) is 32.2 Å². The van der Waals surface area contributed by atoms with E-state index < -0.39 is 0 Å². The number of ether oxygens (including phenoxy) is 2. The van der Waals surface area contributed by atoms with E-state index in [1.165, 1.54) is 0 Å². The predicted octanol–water partition coefficient (Wildman–Crippen LogP) is 0.537. The standard InChI is InChI=1S/C12H18N2O3/c1-9(7-13)14-12(15)8-17-11-6-4-3-5-10(11)16-2/h3-6,9H,7-8,13H2,1-2H3,(H,14,15). The monoisotopic (exact) mass is 238 g/mol. The highest BCUT2D eigenvalue weighted by molar-refractivity contribution is 5.77. The van der Waals surface area contributed by atoms with E-state index in [9.17, 15) is 4.79 Å². The van der Waals surface area contributed by atoms with Crippen LogP contribution in [0.3, 0.4) is 0 Å². The van der Waals surface area contributed by atoms with Gasteiger partial charge in [-0.25, -0.2) is 0 Å². The van der Waals surface area contributed by atoms with Crippen molar-refractivity contribution in [3.8, 4) is 11.5 Å². The molecule has 5 heteroatoms. The first kappa shape index (κ1) is 13.3. The lowest BCUT2D eigenvalue weighted by Crippen LogP contribution is -2.40. The number of hydrogen-bond acceptors (Lipinski definition) is 4. The van der Waals surface area contributed by atoms with Crippen molar-refractivity contribution >= 4 is 5.91 Å². The van der Waals surface area contributed by atoms with Gasteiger partial charge in [0.1, 0.15) is 0 Å². The summed E-state index contributed by atoms with van der Waals surface area (Å²) in [6.45, 7) is 2.19. The number of amides is 1. The van der Waals surface area contributed by atoms with Crippen LogP contribution in [-0.2, 0) is 4.79 Å². The molecule has 0 fully saturated rings. The number of para-hydroxylation sites is 2. The molecule has 0 aromatic heterocycles. The van der Waals surface area contributed by atoms with Gasteiger partial charge in [0, 0.05) is 12.6 Å². The summed E-state index contributed by atoms with van der Waals surface area (Å²) in [5.41, 5.74) is 5.40. The van der Waals surface area contributed by atoms with Gasteiger partial charge in [-0.05, 0) is 19.1 Å². The largest absolute Gasteiger partial charge is 0.493 e. The van der Waals surface area contributed by atoms with Gasteiger partial charge in [0.15, 0.2) is 18.1 Å². The average Bonchev–Trinajstić information content (AvgIpc) is 2.36. The van der Waals surface area contributed by atoms with E-state index in [0.717, 1.165) is 0 Å². The Morgan fingerprint density at radius 2 is 2.06 bits per heavy atom. The molecule has 1 rings (SSSR count). The molecule has 5 nitrogen and oxygen atoms in total. The van der Waals surface area contributed by atoms with E-state index in [-0.39, 0.29) is 18.6 Å². The summed E-state index contributed by atoms with van der Waals surface area (Å²) in [5.74, 6) is 0.951. The number of benzene rings is 1. The van der Waals surface area contributed by atoms with Gasteiger partial charge < -0.3 is 20.5 Å². The third-order valence-electron chi connectivity index (χ3n) is 2.19. The van der Waals surface area contributed by atoms with Gasteiger partial charge in [-0.15, -0.1) is 0 Å². The molecule has 0 aliphatic carbocycles. The highest BCUT2D eigenvalue weighted by atomic mass is 16.5. The molecule has 1 aromatic carbocycles. The van der Waals surface area contributed by atoms with Gasteiger partial charge in [0.2, 0.25) is 0 Å². The second-order valence-electron chi connectivity index (χ2n) is 3.64. The van der Waals surface area contributed by atoms with Crippen molar-refractivity contribution in [2.45, 2.75) is 13.0 Å². The zero-order valence-electron chi connectivity index (χ0n) is 10.1. The molecule has 0 radical (unpaired) electrons. The number of hydrogen-bond donors (Lipinski definition) is 2. The Balaban J connectivity index is 2.47. The summed E-state index contributed by atoms with van der Waals surface area (Å²) in [5, 5.41) is 2.71. The van der Waals surface area contributed by atoms with Crippen LogP contribution >= 0.6 is 0 Å². The summed E-state index contributed by atoms with van der Waals surface area (Å²) in [6, 6.07) is 7.12. The van der Waals surface area contributed by atoms with Crippen molar-refractivity contribution in [1.29, 1.82) is 0 Å². The quantitative estimate of drug-likeness (QED) is 0.758. The van der Waals surface area contributed by atoms with Crippen LogP contribution in [0.1, 0.15) is 6.92 Å². The molecule has 1 atom stereocenters. The number of carbonyl (C=O) groups is 1. The number of nitrogens with two attached hydrogens (primary N) is 1. The molecule has 3 N–H and O–H groups in total. The van der Waals surface area contributed by atoms with Crippen molar-refractivity contribution < 1.29 is 14.3 Å². The Hall–Kier alpha value is -1.75. The second kappa shape index (κ2) is 6.75. The maximum absolute atomic E-state index is 11.5. The van der Waals surface area contributed by atoms with Crippen molar-refractivity contribution in [2.24, 2.45) is 5.73 Å². The molecule has 17 heavy (non-hydrogen) atoms. The SMILES string of the molecule is COc1ccccc1OCC(=O)NC(C)CN. The smallest absolute Gasteiger partial charge is 0.258 e. The first-order valence-electron chi connectivity index (χ1n) is 5.42. The topological polar surface area (TPSA) is 73.6 Å². The molecular weight excluding hydrogens is 220 g/mol. The second-order valence-corrected chi connectivity index (χ2v) is 3.64. The van der Waals surface area contributed by atoms with Crippen LogP contribution in [0.4, 0.5) is 0 Å². The summed E-state index contributed by atoms with van der Waals surface area (Å²) >= 11 is 0. The van der Waals surface area contributed by atoms with Gasteiger partial charge >= 0.3 is 0 Å². The van der Waals surface area contributed by atoms with Crippen molar-refractivity contribution in [3.63, 3.8) is 0 Å². The first-order chi connectivity index (χ1) is 8.17. The van der Waals surface area contributed by atoms with Crippen LogP contribution in [0, 0.1) is 0 Å². The van der Waals surface area contributed by atoms with Crippen LogP contribution in [0.15, 0.2) is 24.3 Å². The minimum absolute atomic E-state index is 0.0509. The Labute approximate surface area is 101 Å². The average molecular weight is 238 g/mol. The van der Waals surface area contributed by atoms with E-state index in [0.29, 0.717) is 18.0 Å². The van der Waals surface area contributed by atoms with Crippen LogP contribution in [0.25, 0.3) is 0 Å². The molecule has 1 unspecified atom stereocenters. The number of carbonyl (C=O) groups excluding carboxylic acids is 1. The predicted molar refractivity (Wildman–Crippen MR) is 65.1 cm³/mol. The van der Waals surface area contributed by atoms with Gasteiger partial charge in [-0.3, -0.25) is 4.79 Å². The van der Waals surface area contributed by atoms with Crippen LogP contribution in [0.5, 0.6) is 11.5 Å². The lowest BCUT2D eigenvalue weighted by Gasteiger charge is -2.13. The molecule has 0 bridgehead atoms. The Kier molecular flexibility index (Phi) is 5.29. The van der Waals surface area contributed by atoms with Gasteiger partial charge in [0.25, 0.3) is 5.91 Å². The fraction of sp³-hybridized carbons (Fsp3) is 0.417. The summed E-state index contributed by atoms with van der Waals surface area (Å²) < 4.78 is 10.5. The maximum Gasteiger partial charge on any atom is 0.258 e. The Bertz CT molecular complexity index is 369. The zero-order valence-corrected chi connectivity index (χ0v) is 10.1. The Morgan fingerprint density at radius 1 is 1.41 bits per heavy atom. The molecule has 0 aliphatic rings. The Morgan fingerprint density at radius 3 is 2.65 bits per heavy atom. The minimum atomic E-state index is -0.200. The lowest BCUT2D eigenvalue weighted by atomic mass is 10.3. The fourth-order valence-electron chi connectivity index (χ4n) is 1.26. The maximum atomic E-state index is 11.5. The third-order valence-corrected chi connectivity index (χ3v) is 2.19. The molecule has 0 heterocycles. The van der Waals surface area contributed by atoms with E-state index in [4.69, 9.17) is 15.2 Å². The normalized spacial score (nSPS) is 11.7. The summed E-state index contributed by atoms with van der Waals surface area (Å²) in [4.78, 5) is 11.5. The lowest BCUT2D eigenvalue weighted by molar-refractivity contribution is -0.123. The van der Waals surface area contributed by atoms with Crippen molar-refractivity contribution in [2.75, 3.05) is 20.3 Å². The summed E-state index contributed by atoms with van der Waals surface area (Å²) in [7, 11) is 1.55. The van der Waals surface area contributed by atoms with Crippen molar-refractivity contribution in [1.82, 2.24) is 5.32 Å². The molecule has 0 saturated heterocycles. The highest BCUT2D eigenvalue weighted by Crippen LogP contribution is 2.25.